The van der Waals surface area contributed by atoms with E-state index < -0.39 is 6.04 Å². The molecule has 1 aromatic carbocycles. The molecule has 6 heteroatoms. The van der Waals surface area contributed by atoms with Gasteiger partial charge in [-0.2, -0.15) is 0 Å². The number of carbonyl (C=O) groups is 2. The molecule has 0 aliphatic carbocycles. The Hall–Kier alpha value is -1.59. The number of rotatable bonds is 6. The molecule has 2 unspecified atom stereocenters. The summed E-state index contributed by atoms with van der Waals surface area (Å²) in [6.45, 7) is 7.45. The lowest BCUT2D eigenvalue weighted by atomic mass is 10.0. The lowest BCUT2D eigenvalue weighted by Gasteiger charge is -2.23. The lowest BCUT2D eigenvalue weighted by molar-refractivity contribution is -0.124. The highest BCUT2D eigenvalue weighted by molar-refractivity contribution is 5.97. The van der Waals surface area contributed by atoms with Crippen molar-refractivity contribution in [1.29, 1.82) is 0 Å². The van der Waals surface area contributed by atoms with E-state index in [0.29, 0.717) is 18.2 Å². The van der Waals surface area contributed by atoms with Gasteiger partial charge in [0.05, 0.1) is 0 Å². The van der Waals surface area contributed by atoms with Gasteiger partial charge in [0.1, 0.15) is 6.04 Å². The quantitative estimate of drug-likeness (QED) is 0.733. The molecule has 0 saturated carbocycles. The van der Waals surface area contributed by atoms with Gasteiger partial charge < -0.3 is 16.0 Å². The minimum Gasteiger partial charge on any atom is -0.353 e. The number of hydrogen-bond donors (Lipinski definition) is 3. The van der Waals surface area contributed by atoms with Gasteiger partial charge in [-0.1, -0.05) is 31.5 Å². The van der Waals surface area contributed by atoms with Crippen molar-refractivity contribution >= 4 is 24.2 Å². The van der Waals surface area contributed by atoms with Crippen molar-refractivity contribution in [3.05, 3.63) is 35.4 Å². The largest absolute Gasteiger partial charge is 0.353 e. The van der Waals surface area contributed by atoms with Crippen molar-refractivity contribution in [2.24, 2.45) is 5.92 Å². The second-order valence-electron chi connectivity index (χ2n) is 6.60. The van der Waals surface area contributed by atoms with Gasteiger partial charge in [0.25, 0.3) is 5.91 Å². The molecular weight excluding hydrogens is 326 g/mol. The van der Waals surface area contributed by atoms with Gasteiger partial charge in [0.15, 0.2) is 0 Å². The molecule has 1 saturated heterocycles. The maximum absolute atomic E-state index is 12.4. The first kappa shape index (κ1) is 20.5. The molecule has 3 N–H and O–H groups in total. The van der Waals surface area contributed by atoms with Crippen LogP contribution in [0.15, 0.2) is 24.3 Å². The number of amides is 2. The molecule has 0 bridgehead atoms. The normalized spacial score (nSPS) is 17.9. The van der Waals surface area contributed by atoms with Crippen LogP contribution in [0.4, 0.5) is 0 Å². The van der Waals surface area contributed by atoms with Gasteiger partial charge in [0, 0.05) is 18.2 Å². The molecule has 134 valence electrons. The fraction of sp³-hybridized carbons (Fsp3) is 0.556. The van der Waals surface area contributed by atoms with Gasteiger partial charge in [0.2, 0.25) is 5.91 Å². The fourth-order valence-corrected chi connectivity index (χ4v) is 2.81. The Morgan fingerprint density at radius 3 is 2.67 bits per heavy atom. The van der Waals surface area contributed by atoms with Crippen molar-refractivity contribution in [1.82, 2.24) is 16.0 Å². The number of nitrogens with one attached hydrogen (secondary N) is 3. The van der Waals surface area contributed by atoms with E-state index in [2.05, 4.69) is 16.0 Å². The molecule has 2 rings (SSSR count). The summed E-state index contributed by atoms with van der Waals surface area (Å²) in [7, 11) is 0. The maximum Gasteiger partial charge on any atom is 0.251 e. The van der Waals surface area contributed by atoms with Crippen LogP contribution in [0.5, 0.6) is 0 Å². The van der Waals surface area contributed by atoms with Gasteiger partial charge in [-0.3, -0.25) is 9.59 Å². The molecule has 1 aliphatic heterocycles. The van der Waals surface area contributed by atoms with Gasteiger partial charge in [-0.25, -0.2) is 0 Å². The van der Waals surface area contributed by atoms with Crippen molar-refractivity contribution in [2.45, 2.75) is 45.7 Å². The average molecular weight is 354 g/mol. The van der Waals surface area contributed by atoms with Crippen LogP contribution in [0.2, 0.25) is 0 Å². The molecule has 0 radical (unpaired) electrons. The summed E-state index contributed by atoms with van der Waals surface area (Å²) in [5.41, 5.74) is 1.61. The zero-order chi connectivity index (χ0) is 16.8. The van der Waals surface area contributed by atoms with E-state index in [1.807, 2.05) is 39.0 Å². The molecule has 0 spiro atoms. The first-order valence-corrected chi connectivity index (χ1v) is 8.36. The predicted octanol–water partition coefficient (Wildman–Crippen LogP) is 2.04. The van der Waals surface area contributed by atoms with E-state index in [9.17, 15) is 9.59 Å². The number of carbonyl (C=O) groups excluding carboxylic acids is 2. The second kappa shape index (κ2) is 9.64. The van der Waals surface area contributed by atoms with E-state index in [-0.39, 0.29) is 30.1 Å². The predicted molar refractivity (Wildman–Crippen MR) is 98.6 cm³/mol. The summed E-state index contributed by atoms with van der Waals surface area (Å²) in [6.07, 6.45) is 2.24. The molecule has 1 aliphatic rings. The lowest BCUT2D eigenvalue weighted by Crippen LogP contribution is -2.51. The van der Waals surface area contributed by atoms with E-state index in [0.717, 1.165) is 24.9 Å². The minimum absolute atomic E-state index is 0. The van der Waals surface area contributed by atoms with E-state index in [1.54, 1.807) is 6.07 Å². The van der Waals surface area contributed by atoms with E-state index in [1.165, 1.54) is 0 Å². The average Bonchev–Trinajstić information content (AvgIpc) is 3.03. The summed E-state index contributed by atoms with van der Waals surface area (Å²) >= 11 is 0. The van der Waals surface area contributed by atoms with Crippen LogP contribution < -0.4 is 16.0 Å². The summed E-state index contributed by atoms with van der Waals surface area (Å²) in [4.78, 5) is 24.8. The summed E-state index contributed by atoms with van der Waals surface area (Å²) in [5, 5.41) is 9.17. The maximum atomic E-state index is 12.4. The molecule has 24 heavy (non-hydrogen) atoms. The van der Waals surface area contributed by atoms with E-state index in [4.69, 9.17) is 0 Å². The van der Waals surface area contributed by atoms with Crippen LogP contribution in [-0.4, -0.2) is 37.0 Å². The van der Waals surface area contributed by atoms with Gasteiger partial charge in [-0.15, -0.1) is 12.4 Å². The first-order chi connectivity index (χ1) is 11.0. The van der Waals surface area contributed by atoms with Crippen LogP contribution in [0.3, 0.4) is 0 Å². The Labute approximate surface area is 150 Å². The topological polar surface area (TPSA) is 70.2 Å². The van der Waals surface area contributed by atoms with Crippen molar-refractivity contribution in [3.8, 4) is 0 Å². The zero-order valence-corrected chi connectivity index (χ0v) is 15.4. The van der Waals surface area contributed by atoms with E-state index >= 15 is 0 Å². The minimum atomic E-state index is -0.524. The fourth-order valence-electron chi connectivity index (χ4n) is 2.81. The van der Waals surface area contributed by atoms with Crippen molar-refractivity contribution < 1.29 is 9.59 Å². The highest BCUT2D eigenvalue weighted by atomic mass is 35.5. The van der Waals surface area contributed by atoms with Crippen molar-refractivity contribution in [2.75, 3.05) is 13.1 Å². The zero-order valence-electron chi connectivity index (χ0n) is 14.6. The third kappa shape index (κ3) is 5.80. The molecule has 1 heterocycles. The highest BCUT2D eigenvalue weighted by Gasteiger charge is 2.25. The number of benzene rings is 1. The monoisotopic (exact) mass is 353 g/mol. The Morgan fingerprint density at radius 2 is 2.08 bits per heavy atom. The van der Waals surface area contributed by atoms with Gasteiger partial charge >= 0.3 is 0 Å². The molecule has 2 atom stereocenters. The number of halogens is 1. The standard InChI is InChI=1S/C18H27N3O2.ClH/c1-12(2)16(18(23)20-11-15-8-5-9-19-15)21-17(22)14-7-4-6-13(3)10-14;/h4,6-7,10,12,15-16,19H,5,8-9,11H2,1-3H3,(H,20,23)(H,21,22);1H. The molecular formula is C18H28ClN3O2. The number of hydrogen-bond acceptors (Lipinski definition) is 3. The Balaban J connectivity index is 0.00000288. The first-order valence-electron chi connectivity index (χ1n) is 8.36. The smallest absolute Gasteiger partial charge is 0.251 e. The second-order valence-corrected chi connectivity index (χ2v) is 6.60. The SMILES string of the molecule is Cc1cccc(C(=O)NC(C(=O)NCC2CCCN2)C(C)C)c1.Cl. The molecule has 5 nitrogen and oxygen atoms in total. The summed E-state index contributed by atoms with van der Waals surface area (Å²) in [6, 6.07) is 7.20. The summed E-state index contributed by atoms with van der Waals surface area (Å²) in [5.74, 6) is -0.295. The Bertz CT molecular complexity index is 557. The Kier molecular flexibility index (Phi) is 8.22. The van der Waals surface area contributed by atoms with Crippen LogP contribution >= 0.6 is 12.4 Å². The third-order valence-corrected chi connectivity index (χ3v) is 4.20. The van der Waals surface area contributed by atoms with Crippen LogP contribution in [0, 0.1) is 12.8 Å². The third-order valence-electron chi connectivity index (χ3n) is 4.20. The molecule has 2 amide bonds. The van der Waals surface area contributed by atoms with Crippen LogP contribution in [-0.2, 0) is 4.79 Å². The Morgan fingerprint density at radius 1 is 1.33 bits per heavy atom. The summed E-state index contributed by atoms with van der Waals surface area (Å²) < 4.78 is 0. The van der Waals surface area contributed by atoms with Crippen LogP contribution in [0.1, 0.15) is 42.6 Å². The number of aryl methyl sites for hydroxylation is 1. The molecule has 1 fully saturated rings. The van der Waals surface area contributed by atoms with Gasteiger partial charge in [-0.05, 0) is 44.4 Å². The van der Waals surface area contributed by atoms with Crippen LogP contribution in [0.25, 0.3) is 0 Å². The van der Waals surface area contributed by atoms with Crippen molar-refractivity contribution in [3.63, 3.8) is 0 Å². The molecule has 0 aromatic heterocycles. The highest BCUT2D eigenvalue weighted by Crippen LogP contribution is 2.08. The molecule has 1 aromatic rings.